The van der Waals surface area contributed by atoms with Crippen molar-refractivity contribution in [3.8, 4) is 11.5 Å². The molecule has 0 spiro atoms. The van der Waals surface area contributed by atoms with Crippen LogP contribution in [0.5, 0.6) is 0 Å². The molecule has 0 aliphatic carbocycles. The second-order valence-corrected chi connectivity index (χ2v) is 5.58. The number of nitrogens with one attached hydrogen (secondary N) is 1. The number of benzene rings is 1. The molecule has 0 bridgehead atoms. The van der Waals surface area contributed by atoms with Gasteiger partial charge in [0.25, 0.3) is 5.91 Å². The number of hydrogen-bond acceptors (Lipinski definition) is 4. The van der Waals surface area contributed by atoms with Crippen molar-refractivity contribution < 1.29 is 9.21 Å². The van der Waals surface area contributed by atoms with Crippen LogP contribution >= 0.6 is 11.3 Å². The molecule has 4 nitrogen and oxygen atoms in total. The Kier molecular flexibility index (Phi) is 3.83. The number of thiophene rings is 1. The third-order valence-electron chi connectivity index (χ3n) is 3.04. The van der Waals surface area contributed by atoms with Crippen LogP contribution in [0.2, 0.25) is 0 Å². The number of nitrogens with zero attached hydrogens (tertiary/aromatic N) is 1. The quantitative estimate of drug-likeness (QED) is 0.800. The Bertz CT molecular complexity index is 733. The molecule has 3 rings (SSSR count). The van der Waals surface area contributed by atoms with Gasteiger partial charge in [0, 0.05) is 10.4 Å². The van der Waals surface area contributed by atoms with E-state index in [-0.39, 0.29) is 5.91 Å². The number of aryl methyl sites for hydroxylation is 1. The minimum absolute atomic E-state index is 0.216. The van der Waals surface area contributed by atoms with E-state index in [1.54, 1.807) is 18.3 Å². The van der Waals surface area contributed by atoms with Crippen molar-refractivity contribution in [2.45, 2.75) is 13.5 Å². The molecule has 0 fully saturated rings. The van der Waals surface area contributed by atoms with Crippen molar-refractivity contribution in [3.63, 3.8) is 0 Å². The highest BCUT2D eigenvalue weighted by Crippen LogP contribution is 2.21. The fourth-order valence-corrected chi connectivity index (χ4v) is 2.62. The first-order valence-electron chi connectivity index (χ1n) is 6.57. The predicted octanol–water partition coefficient (Wildman–Crippen LogP) is 3.64. The summed E-state index contributed by atoms with van der Waals surface area (Å²) < 4.78 is 5.59. The Balaban J connectivity index is 1.76. The molecule has 3 aromatic rings. The summed E-state index contributed by atoms with van der Waals surface area (Å²) in [4.78, 5) is 17.6. The van der Waals surface area contributed by atoms with E-state index in [9.17, 15) is 4.79 Å². The lowest BCUT2D eigenvalue weighted by atomic mass is 10.2. The number of hydrogen-bond donors (Lipinski definition) is 1. The van der Waals surface area contributed by atoms with Gasteiger partial charge >= 0.3 is 0 Å². The van der Waals surface area contributed by atoms with Crippen molar-refractivity contribution in [3.05, 3.63) is 64.2 Å². The fourth-order valence-electron chi connectivity index (χ4n) is 1.98. The normalized spacial score (nSPS) is 10.5. The van der Waals surface area contributed by atoms with Crippen LogP contribution in [0.1, 0.15) is 21.1 Å². The molecular weight excluding hydrogens is 284 g/mol. The number of rotatable bonds is 4. The molecule has 5 heteroatoms. The lowest BCUT2D eigenvalue weighted by molar-refractivity contribution is 0.0945. The minimum Gasteiger partial charge on any atom is -0.441 e. The number of amides is 1. The van der Waals surface area contributed by atoms with Gasteiger partial charge in [0.05, 0.1) is 6.54 Å². The minimum atomic E-state index is -0.216. The summed E-state index contributed by atoms with van der Waals surface area (Å²) in [6.45, 7) is 2.25. The average Bonchev–Trinajstić information content (AvgIpc) is 3.15. The van der Waals surface area contributed by atoms with Crippen molar-refractivity contribution in [1.29, 1.82) is 0 Å². The number of oxazole rings is 1. The van der Waals surface area contributed by atoms with E-state index in [2.05, 4.69) is 10.3 Å². The summed E-state index contributed by atoms with van der Waals surface area (Å²) in [6.07, 6.45) is 0. The van der Waals surface area contributed by atoms with Crippen LogP contribution in [-0.2, 0) is 6.54 Å². The van der Waals surface area contributed by atoms with Crippen molar-refractivity contribution in [2.75, 3.05) is 0 Å². The van der Waals surface area contributed by atoms with Gasteiger partial charge in [-0.3, -0.25) is 4.79 Å². The first kappa shape index (κ1) is 13.6. The standard InChI is InChI=1S/C16H14N2O2S/c1-11-14(15(19)17-10-13-8-5-9-21-13)18-16(20-11)12-6-3-2-4-7-12/h2-9H,10H2,1H3,(H,17,19). The van der Waals surface area contributed by atoms with Crippen LogP contribution in [0.15, 0.2) is 52.3 Å². The molecule has 2 aromatic heterocycles. The zero-order valence-electron chi connectivity index (χ0n) is 11.5. The van der Waals surface area contributed by atoms with Crippen molar-refractivity contribution in [1.82, 2.24) is 10.3 Å². The van der Waals surface area contributed by atoms with E-state index in [0.717, 1.165) is 10.4 Å². The van der Waals surface area contributed by atoms with Crippen molar-refractivity contribution in [2.24, 2.45) is 0 Å². The summed E-state index contributed by atoms with van der Waals surface area (Å²) in [5.74, 6) is 0.777. The van der Waals surface area contributed by atoms with Crippen LogP contribution < -0.4 is 5.32 Å². The Morgan fingerprint density at radius 1 is 1.24 bits per heavy atom. The number of aromatic nitrogens is 1. The molecule has 0 unspecified atom stereocenters. The molecule has 1 aromatic carbocycles. The topological polar surface area (TPSA) is 55.1 Å². The van der Waals surface area contributed by atoms with Gasteiger partial charge in [0.1, 0.15) is 5.76 Å². The molecule has 0 aliphatic rings. The maximum Gasteiger partial charge on any atom is 0.273 e. The highest BCUT2D eigenvalue weighted by atomic mass is 32.1. The Morgan fingerprint density at radius 3 is 2.76 bits per heavy atom. The van der Waals surface area contributed by atoms with Gasteiger partial charge in [-0.05, 0) is 30.5 Å². The van der Waals surface area contributed by atoms with E-state index in [1.165, 1.54) is 0 Å². The van der Waals surface area contributed by atoms with Gasteiger partial charge in [-0.25, -0.2) is 4.98 Å². The van der Waals surface area contributed by atoms with E-state index in [0.29, 0.717) is 23.9 Å². The molecule has 0 aliphatic heterocycles. The summed E-state index contributed by atoms with van der Waals surface area (Å²) in [6, 6.07) is 13.5. The van der Waals surface area contributed by atoms with E-state index < -0.39 is 0 Å². The van der Waals surface area contributed by atoms with Crippen LogP contribution in [0.25, 0.3) is 11.5 Å². The van der Waals surface area contributed by atoms with E-state index in [1.807, 2.05) is 47.8 Å². The van der Waals surface area contributed by atoms with Crippen LogP contribution in [0.3, 0.4) is 0 Å². The van der Waals surface area contributed by atoms with Gasteiger partial charge < -0.3 is 9.73 Å². The van der Waals surface area contributed by atoms with Crippen LogP contribution in [0.4, 0.5) is 0 Å². The van der Waals surface area contributed by atoms with Crippen LogP contribution in [-0.4, -0.2) is 10.9 Å². The second kappa shape index (κ2) is 5.93. The van der Waals surface area contributed by atoms with Gasteiger partial charge in [0.2, 0.25) is 5.89 Å². The van der Waals surface area contributed by atoms with Crippen molar-refractivity contribution >= 4 is 17.2 Å². The molecule has 1 N–H and O–H groups in total. The number of carbonyl (C=O) groups excluding carboxylic acids is 1. The average molecular weight is 298 g/mol. The van der Waals surface area contributed by atoms with Gasteiger partial charge in [0.15, 0.2) is 5.69 Å². The van der Waals surface area contributed by atoms with Gasteiger partial charge in [-0.1, -0.05) is 24.3 Å². The molecule has 21 heavy (non-hydrogen) atoms. The summed E-state index contributed by atoms with van der Waals surface area (Å²) in [5.41, 5.74) is 1.20. The highest BCUT2D eigenvalue weighted by molar-refractivity contribution is 7.09. The lowest BCUT2D eigenvalue weighted by Crippen LogP contribution is -2.23. The molecule has 0 atom stereocenters. The van der Waals surface area contributed by atoms with E-state index in [4.69, 9.17) is 4.42 Å². The third-order valence-corrected chi connectivity index (χ3v) is 3.91. The predicted molar refractivity (Wildman–Crippen MR) is 82.2 cm³/mol. The summed E-state index contributed by atoms with van der Waals surface area (Å²) >= 11 is 1.61. The monoisotopic (exact) mass is 298 g/mol. The highest BCUT2D eigenvalue weighted by Gasteiger charge is 2.17. The molecule has 0 radical (unpaired) electrons. The maximum atomic E-state index is 12.2. The SMILES string of the molecule is Cc1oc(-c2ccccc2)nc1C(=O)NCc1cccs1. The molecule has 106 valence electrons. The second-order valence-electron chi connectivity index (χ2n) is 4.55. The Hall–Kier alpha value is -2.40. The third kappa shape index (κ3) is 3.03. The Labute approximate surface area is 126 Å². The molecule has 0 saturated carbocycles. The number of carbonyl (C=O) groups is 1. The first-order chi connectivity index (χ1) is 10.2. The van der Waals surface area contributed by atoms with Crippen LogP contribution in [0, 0.1) is 6.92 Å². The Morgan fingerprint density at radius 2 is 2.05 bits per heavy atom. The van der Waals surface area contributed by atoms with E-state index >= 15 is 0 Å². The summed E-state index contributed by atoms with van der Waals surface area (Å²) in [5, 5.41) is 4.84. The largest absolute Gasteiger partial charge is 0.441 e. The maximum absolute atomic E-state index is 12.2. The fraction of sp³-hybridized carbons (Fsp3) is 0.125. The molecule has 2 heterocycles. The molecular formula is C16H14N2O2S. The molecule has 0 saturated heterocycles. The van der Waals surface area contributed by atoms with Gasteiger partial charge in [-0.2, -0.15) is 0 Å². The van der Waals surface area contributed by atoms with Gasteiger partial charge in [-0.15, -0.1) is 11.3 Å². The zero-order chi connectivity index (χ0) is 14.7. The zero-order valence-corrected chi connectivity index (χ0v) is 12.3. The first-order valence-corrected chi connectivity index (χ1v) is 7.45. The summed E-state index contributed by atoms with van der Waals surface area (Å²) in [7, 11) is 0. The molecule has 1 amide bonds. The smallest absolute Gasteiger partial charge is 0.273 e. The lowest BCUT2D eigenvalue weighted by Gasteiger charge is -2.00.